The second-order valence-corrected chi connectivity index (χ2v) is 6.82. The zero-order valence-electron chi connectivity index (χ0n) is 14.0. The number of carbonyl (C=O) groups excluding carboxylic acids is 1. The van der Waals surface area contributed by atoms with Crippen LogP contribution in [0.3, 0.4) is 0 Å². The molecule has 5 nitrogen and oxygen atoms in total. The van der Waals surface area contributed by atoms with Gasteiger partial charge >= 0.3 is 0 Å². The van der Waals surface area contributed by atoms with Crippen LogP contribution in [0, 0.1) is 5.92 Å². The number of amides is 1. The molecule has 0 saturated carbocycles. The molecule has 2 aromatic rings. The van der Waals surface area contributed by atoms with Crippen molar-refractivity contribution in [2.24, 2.45) is 5.92 Å². The fourth-order valence-corrected chi connectivity index (χ4v) is 3.67. The van der Waals surface area contributed by atoms with Crippen molar-refractivity contribution in [2.75, 3.05) is 26.2 Å². The molecular weight excluding hydrogens is 300 g/mol. The summed E-state index contributed by atoms with van der Waals surface area (Å²) < 4.78 is 2.06. The Morgan fingerprint density at radius 3 is 2.83 bits per heavy atom. The van der Waals surface area contributed by atoms with Gasteiger partial charge in [0.1, 0.15) is 5.65 Å². The smallest absolute Gasteiger partial charge is 0.223 e. The van der Waals surface area contributed by atoms with Gasteiger partial charge in [0.15, 0.2) is 0 Å². The predicted octanol–water partition coefficient (Wildman–Crippen LogP) is 2.33. The summed E-state index contributed by atoms with van der Waals surface area (Å²) in [7, 11) is 0. The fraction of sp³-hybridized carbons (Fsp3) is 0.474. The maximum Gasteiger partial charge on any atom is 0.223 e. The third-order valence-electron chi connectivity index (χ3n) is 5.07. The number of fused-ring (bicyclic) bond motifs is 1. The highest BCUT2D eigenvalue weighted by atomic mass is 16.2. The molecule has 0 aromatic carbocycles. The molecule has 0 N–H and O–H groups in total. The molecule has 0 spiro atoms. The average molecular weight is 324 g/mol. The Labute approximate surface area is 142 Å². The molecule has 5 heteroatoms. The maximum absolute atomic E-state index is 12.4. The third kappa shape index (κ3) is 3.36. The van der Waals surface area contributed by atoms with Crippen LogP contribution in [0.15, 0.2) is 42.7 Å². The summed E-state index contributed by atoms with van der Waals surface area (Å²) in [5, 5.41) is 0. The largest absolute Gasteiger partial charge is 0.340 e. The van der Waals surface area contributed by atoms with Crippen LogP contribution in [0.1, 0.15) is 25.0 Å². The standard InChI is InChI=1S/C19H24N4O/c24-19(13-16-5-1-2-6-16)22-11-9-21(10-12-22)14-17-15-23-8-4-3-7-18(23)20-17/h1,3-5,7-8,15-16H,2,6,9-14H2/t16-/m0/s1. The van der Waals surface area contributed by atoms with Gasteiger partial charge in [-0.2, -0.15) is 0 Å². The number of carbonyl (C=O) groups is 1. The average Bonchev–Trinajstić information content (AvgIpc) is 3.24. The zero-order valence-corrected chi connectivity index (χ0v) is 14.0. The molecule has 1 aliphatic carbocycles. The van der Waals surface area contributed by atoms with Crippen molar-refractivity contribution in [3.8, 4) is 0 Å². The molecule has 24 heavy (non-hydrogen) atoms. The lowest BCUT2D eigenvalue weighted by Crippen LogP contribution is -2.48. The first-order valence-corrected chi connectivity index (χ1v) is 8.87. The van der Waals surface area contributed by atoms with Gasteiger partial charge in [0.05, 0.1) is 5.69 Å². The van der Waals surface area contributed by atoms with E-state index in [1.807, 2.05) is 29.3 Å². The van der Waals surface area contributed by atoms with Crippen LogP contribution in [0.4, 0.5) is 0 Å². The summed E-state index contributed by atoms with van der Waals surface area (Å²) in [6, 6.07) is 6.05. The van der Waals surface area contributed by atoms with E-state index in [9.17, 15) is 4.79 Å². The monoisotopic (exact) mass is 324 g/mol. The lowest BCUT2D eigenvalue weighted by molar-refractivity contribution is -0.133. The lowest BCUT2D eigenvalue weighted by Gasteiger charge is -2.34. The molecule has 1 aliphatic heterocycles. The highest BCUT2D eigenvalue weighted by molar-refractivity contribution is 5.76. The number of hydrogen-bond acceptors (Lipinski definition) is 3. The number of hydrogen-bond donors (Lipinski definition) is 0. The van der Waals surface area contributed by atoms with E-state index in [0.29, 0.717) is 18.2 Å². The van der Waals surface area contributed by atoms with E-state index in [1.165, 1.54) is 0 Å². The number of allylic oxidation sites excluding steroid dienone is 2. The van der Waals surface area contributed by atoms with E-state index < -0.39 is 0 Å². The first-order chi connectivity index (χ1) is 11.8. The quantitative estimate of drug-likeness (QED) is 0.811. The van der Waals surface area contributed by atoms with Gasteiger partial charge in [-0.25, -0.2) is 4.98 Å². The first kappa shape index (κ1) is 15.4. The van der Waals surface area contributed by atoms with Crippen LogP contribution >= 0.6 is 0 Å². The van der Waals surface area contributed by atoms with E-state index in [4.69, 9.17) is 0 Å². The minimum Gasteiger partial charge on any atom is -0.340 e. The normalized spacial score (nSPS) is 21.7. The van der Waals surface area contributed by atoms with Crippen LogP contribution in [0.25, 0.3) is 5.65 Å². The summed E-state index contributed by atoms with van der Waals surface area (Å²) in [5.41, 5.74) is 2.09. The Hall–Kier alpha value is -2.14. The first-order valence-electron chi connectivity index (χ1n) is 8.87. The van der Waals surface area contributed by atoms with Crippen LogP contribution < -0.4 is 0 Å². The van der Waals surface area contributed by atoms with Crippen molar-refractivity contribution >= 4 is 11.6 Å². The van der Waals surface area contributed by atoms with Crippen molar-refractivity contribution in [2.45, 2.75) is 25.8 Å². The maximum atomic E-state index is 12.4. The Morgan fingerprint density at radius 2 is 2.08 bits per heavy atom. The fourth-order valence-electron chi connectivity index (χ4n) is 3.67. The molecule has 4 rings (SSSR count). The van der Waals surface area contributed by atoms with Crippen LogP contribution in [-0.4, -0.2) is 51.3 Å². The molecule has 1 amide bonds. The van der Waals surface area contributed by atoms with Crippen molar-refractivity contribution in [3.63, 3.8) is 0 Å². The second-order valence-electron chi connectivity index (χ2n) is 6.82. The highest BCUT2D eigenvalue weighted by Gasteiger charge is 2.23. The molecule has 0 radical (unpaired) electrons. The minimum atomic E-state index is 0.318. The topological polar surface area (TPSA) is 40.9 Å². The number of imidazole rings is 1. The van der Waals surface area contributed by atoms with Crippen LogP contribution in [-0.2, 0) is 11.3 Å². The number of rotatable bonds is 4. The van der Waals surface area contributed by atoms with E-state index in [-0.39, 0.29) is 0 Å². The zero-order chi connectivity index (χ0) is 16.4. The third-order valence-corrected chi connectivity index (χ3v) is 5.07. The summed E-state index contributed by atoms with van der Waals surface area (Å²) in [4.78, 5) is 21.5. The summed E-state index contributed by atoms with van der Waals surface area (Å²) in [5.74, 6) is 0.785. The Bertz CT molecular complexity index is 710. The number of nitrogens with zero attached hydrogens (tertiary/aromatic N) is 4. The number of piperazine rings is 1. The Kier molecular flexibility index (Phi) is 4.34. The van der Waals surface area contributed by atoms with Gasteiger partial charge in [-0.15, -0.1) is 0 Å². The van der Waals surface area contributed by atoms with Gasteiger partial charge in [-0.05, 0) is 30.9 Å². The molecule has 0 bridgehead atoms. The van der Waals surface area contributed by atoms with Gasteiger partial charge in [0.2, 0.25) is 5.91 Å². The summed E-state index contributed by atoms with van der Waals surface area (Å²) >= 11 is 0. The van der Waals surface area contributed by atoms with Gasteiger partial charge in [-0.3, -0.25) is 9.69 Å². The van der Waals surface area contributed by atoms with E-state index >= 15 is 0 Å². The minimum absolute atomic E-state index is 0.318. The summed E-state index contributed by atoms with van der Waals surface area (Å²) in [6.45, 7) is 4.39. The van der Waals surface area contributed by atoms with Crippen molar-refractivity contribution in [1.82, 2.24) is 19.2 Å². The molecule has 1 fully saturated rings. The highest BCUT2D eigenvalue weighted by Crippen LogP contribution is 2.21. The molecule has 1 atom stereocenters. The van der Waals surface area contributed by atoms with Gasteiger partial charge in [0, 0.05) is 51.5 Å². The van der Waals surface area contributed by atoms with Crippen molar-refractivity contribution in [3.05, 3.63) is 48.4 Å². The molecule has 2 aliphatic rings. The summed E-state index contributed by atoms with van der Waals surface area (Å²) in [6.07, 6.45) is 11.5. The number of pyridine rings is 1. The van der Waals surface area contributed by atoms with Crippen molar-refractivity contribution in [1.29, 1.82) is 0 Å². The Morgan fingerprint density at radius 1 is 1.21 bits per heavy atom. The number of aromatic nitrogens is 2. The van der Waals surface area contributed by atoms with Crippen LogP contribution in [0.2, 0.25) is 0 Å². The Balaban J connectivity index is 1.29. The van der Waals surface area contributed by atoms with E-state index in [0.717, 1.165) is 56.9 Å². The SMILES string of the molecule is O=C(C[C@H]1C=CCC1)N1CCN(Cc2cn3ccccc3n2)CC1. The molecule has 2 aromatic heterocycles. The van der Waals surface area contributed by atoms with Crippen molar-refractivity contribution < 1.29 is 4.79 Å². The van der Waals surface area contributed by atoms with Gasteiger partial charge in [-0.1, -0.05) is 18.2 Å². The van der Waals surface area contributed by atoms with Gasteiger partial charge < -0.3 is 9.30 Å². The molecule has 126 valence electrons. The van der Waals surface area contributed by atoms with E-state index in [1.54, 1.807) is 0 Å². The molecule has 0 unspecified atom stereocenters. The molecular formula is C19H24N4O. The van der Waals surface area contributed by atoms with Crippen LogP contribution in [0.5, 0.6) is 0 Å². The predicted molar refractivity (Wildman–Crippen MR) is 93.5 cm³/mol. The molecule has 3 heterocycles. The van der Waals surface area contributed by atoms with Gasteiger partial charge in [0.25, 0.3) is 0 Å². The molecule has 1 saturated heterocycles. The second kappa shape index (κ2) is 6.77. The lowest BCUT2D eigenvalue weighted by atomic mass is 10.0. The van der Waals surface area contributed by atoms with E-state index in [2.05, 4.69) is 32.6 Å².